The Balaban J connectivity index is 3.99. The predicted molar refractivity (Wildman–Crippen MR) is 58.2 cm³/mol. The van der Waals surface area contributed by atoms with Gasteiger partial charge in [-0.2, -0.15) is 0 Å². The number of ether oxygens (including phenoxy) is 1. The van der Waals surface area contributed by atoms with Crippen LogP contribution in [0.15, 0.2) is 37.0 Å². The van der Waals surface area contributed by atoms with Crippen molar-refractivity contribution in [3.63, 3.8) is 0 Å². The number of hydrogen-bond acceptors (Lipinski definition) is 3. The molecule has 0 amide bonds. The van der Waals surface area contributed by atoms with Crippen LogP contribution in [0, 0.1) is 0 Å². The Bertz CT molecular complexity index is 231. The van der Waals surface area contributed by atoms with Gasteiger partial charge in [0.05, 0.1) is 5.76 Å². The minimum absolute atomic E-state index is 0.518. The first-order chi connectivity index (χ1) is 6.47. The molecule has 0 aromatic heterocycles. The van der Waals surface area contributed by atoms with Gasteiger partial charge in [0.1, 0.15) is 12.0 Å². The van der Waals surface area contributed by atoms with Crippen molar-refractivity contribution in [1.82, 2.24) is 4.90 Å². The van der Waals surface area contributed by atoms with Crippen LogP contribution in [0.1, 0.15) is 20.3 Å². The van der Waals surface area contributed by atoms with Gasteiger partial charge in [-0.05, 0) is 13.0 Å². The highest BCUT2D eigenvalue weighted by Gasteiger charge is 1.98. The molecule has 0 saturated heterocycles. The first-order valence-corrected chi connectivity index (χ1v) is 4.60. The summed E-state index contributed by atoms with van der Waals surface area (Å²) in [5.41, 5.74) is 0. The summed E-state index contributed by atoms with van der Waals surface area (Å²) < 4.78 is 5.25. The van der Waals surface area contributed by atoms with Gasteiger partial charge in [-0.25, -0.2) is 0 Å². The van der Waals surface area contributed by atoms with Gasteiger partial charge in [-0.1, -0.05) is 20.1 Å². The molecule has 0 rings (SSSR count). The Labute approximate surface area is 86.0 Å². The van der Waals surface area contributed by atoms with Gasteiger partial charge in [0.2, 0.25) is 0 Å². The number of allylic oxidation sites excluding steroid dienone is 2. The number of rotatable bonds is 6. The van der Waals surface area contributed by atoms with Crippen LogP contribution in [0.25, 0.3) is 0 Å². The second-order valence-electron chi connectivity index (χ2n) is 3.07. The van der Waals surface area contributed by atoms with Gasteiger partial charge < -0.3 is 14.7 Å². The van der Waals surface area contributed by atoms with Crippen LogP contribution in [0.3, 0.4) is 0 Å². The molecule has 3 heteroatoms. The van der Waals surface area contributed by atoms with Gasteiger partial charge >= 0.3 is 0 Å². The number of aliphatic hydroxyl groups excluding tert-OH is 1. The Morgan fingerprint density at radius 2 is 2.14 bits per heavy atom. The minimum atomic E-state index is -0.520. The van der Waals surface area contributed by atoms with Crippen LogP contribution < -0.4 is 0 Å². The molecule has 0 aliphatic rings. The molecule has 3 nitrogen and oxygen atoms in total. The molecule has 0 bridgehead atoms. The highest BCUT2D eigenvalue weighted by atomic mass is 16.5. The van der Waals surface area contributed by atoms with E-state index in [4.69, 9.17) is 9.84 Å². The molecule has 0 aliphatic heterocycles. The fourth-order valence-corrected chi connectivity index (χ4v) is 0.617. The molecule has 1 atom stereocenters. The van der Waals surface area contributed by atoms with E-state index in [2.05, 4.69) is 13.2 Å². The maximum absolute atomic E-state index is 9.15. The molecular weight excluding hydrogens is 178 g/mol. The van der Waals surface area contributed by atoms with Gasteiger partial charge in [-0.15, -0.1) is 0 Å². The summed E-state index contributed by atoms with van der Waals surface area (Å²) >= 11 is 0. The fourth-order valence-electron chi connectivity index (χ4n) is 0.617. The SMILES string of the molecule is C=C(/C=C\N(C)C(C)O)OC(=C)CC. The second kappa shape index (κ2) is 6.27. The topological polar surface area (TPSA) is 32.7 Å². The Morgan fingerprint density at radius 1 is 1.57 bits per heavy atom. The molecule has 1 N–H and O–H groups in total. The summed E-state index contributed by atoms with van der Waals surface area (Å²) in [6, 6.07) is 0. The first-order valence-electron chi connectivity index (χ1n) is 4.60. The summed E-state index contributed by atoms with van der Waals surface area (Å²) in [5, 5.41) is 9.15. The zero-order valence-electron chi connectivity index (χ0n) is 9.16. The first kappa shape index (κ1) is 12.8. The number of nitrogens with zero attached hydrogens (tertiary/aromatic N) is 1. The summed E-state index contributed by atoms with van der Waals surface area (Å²) in [4.78, 5) is 1.64. The molecule has 0 aliphatic carbocycles. The van der Waals surface area contributed by atoms with Crippen molar-refractivity contribution in [3.05, 3.63) is 37.0 Å². The van der Waals surface area contributed by atoms with Crippen LogP contribution in [-0.4, -0.2) is 23.3 Å². The van der Waals surface area contributed by atoms with E-state index in [1.807, 2.05) is 6.92 Å². The van der Waals surface area contributed by atoms with Crippen molar-refractivity contribution >= 4 is 0 Å². The molecule has 0 fully saturated rings. The molecule has 0 radical (unpaired) electrons. The quantitative estimate of drug-likeness (QED) is 0.402. The lowest BCUT2D eigenvalue weighted by Gasteiger charge is -2.17. The Morgan fingerprint density at radius 3 is 2.57 bits per heavy atom. The van der Waals surface area contributed by atoms with Crippen molar-refractivity contribution < 1.29 is 9.84 Å². The van der Waals surface area contributed by atoms with Crippen LogP contribution in [0.5, 0.6) is 0 Å². The van der Waals surface area contributed by atoms with Crippen LogP contribution in [0.2, 0.25) is 0 Å². The monoisotopic (exact) mass is 197 g/mol. The Kier molecular flexibility index (Phi) is 5.72. The molecule has 80 valence electrons. The summed E-state index contributed by atoms with van der Waals surface area (Å²) in [5.74, 6) is 1.20. The lowest BCUT2D eigenvalue weighted by atomic mass is 10.4. The fraction of sp³-hybridized carbons (Fsp3) is 0.455. The number of hydrogen-bond donors (Lipinski definition) is 1. The third kappa shape index (κ3) is 5.43. The van der Waals surface area contributed by atoms with E-state index in [0.717, 1.165) is 6.42 Å². The van der Waals surface area contributed by atoms with Crippen LogP contribution in [-0.2, 0) is 4.74 Å². The van der Waals surface area contributed by atoms with Crippen molar-refractivity contribution in [2.45, 2.75) is 26.5 Å². The van der Waals surface area contributed by atoms with Crippen LogP contribution >= 0.6 is 0 Å². The zero-order chi connectivity index (χ0) is 11.1. The maximum atomic E-state index is 9.15. The van der Waals surface area contributed by atoms with Gasteiger partial charge in [0, 0.05) is 19.7 Å². The summed E-state index contributed by atoms with van der Waals surface area (Å²) in [7, 11) is 1.77. The molecule has 0 aromatic rings. The second-order valence-corrected chi connectivity index (χ2v) is 3.07. The molecule has 0 spiro atoms. The van der Waals surface area contributed by atoms with E-state index in [1.165, 1.54) is 0 Å². The standard InChI is InChI=1S/C11H19NO2/c1-6-9(2)14-10(3)7-8-12(5)11(4)13/h7-8,11,13H,2-3,6H2,1,4-5H3/b8-7-. The maximum Gasteiger partial charge on any atom is 0.123 e. The molecular formula is C11H19NO2. The third-order valence-electron chi connectivity index (χ3n) is 1.75. The summed E-state index contributed by atoms with van der Waals surface area (Å²) in [6.07, 6.45) is 3.64. The minimum Gasteiger partial charge on any atom is -0.463 e. The van der Waals surface area contributed by atoms with Gasteiger partial charge in [-0.3, -0.25) is 0 Å². The third-order valence-corrected chi connectivity index (χ3v) is 1.75. The Hall–Kier alpha value is -1.22. The predicted octanol–water partition coefficient (Wildman–Crippen LogP) is 2.22. The van der Waals surface area contributed by atoms with E-state index >= 15 is 0 Å². The average Bonchev–Trinajstić information content (AvgIpc) is 2.13. The lowest BCUT2D eigenvalue weighted by Crippen LogP contribution is -2.22. The summed E-state index contributed by atoms with van der Waals surface area (Å²) in [6.45, 7) is 11.0. The van der Waals surface area contributed by atoms with E-state index in [0.29, 0.717) is 11.5 Å². The van der Waals surface area contributed by atoms with Crippen molar-refractivity contribution in [1.29, 1.82) is 0 Å². The van der Waals surface area contributed by atoms with E-state index in [-0.39, 0.29) is 0 Å². The van der Waals surface area contributed by atoms with E-state index < -0.39 is 6.23 Å². The largest absolute Gasteiger partial charge is 0.463 e. The highest BCUT2D eigenvalue weighted by Crippen LogP contribution is 2.07. The van der Waals surface area contributed by atoms with Crippen molar-refractivity contribution in [2.24, 2.45) is 0 Å². The number of aliphatic hydroxyl groups is 1. The highest BCUT2D eigenvalue weighted by molar-refractivity contribution is 5.09. The van der Waals surface area contributed by atoms with Gasteiger partial charge in [0.15, 0.2) is 0 Å². The van der Waals surface area contributed by atoms with Crippen molar-refractivity contribution in [3.8, 4) is 0 Å². The zero-order valence-corrected chi connectivity index (χ0v) is 9.16. The average molecular weight is 197 g/mol. The van der Waals surface area contributed by atoms with E-state index in [9.17, 15) is 0 Å². The van der Waals surface area contributed by atoms with E-state index in [1.54, 1.807) is 31.1 Å². The molecule has 0 heterocycles. The lowest BCUT2D eigenvalue weighted by molar-refractivity contribution is 0.0725. The molecule has 0 saturated carbocycles. The van der Waals surface area contributed by atoms with Gasteiger partial charge in [0.25, 0.3) is 0 Å². The van der Waals surface area contributed by atoms with Crippen molar-refractivity contribution in [2.75, 3.05) is 7.05 Å². The molecule has 14 heavy (non-hydrogen) atoms. The molecule has 1 unspecified atom stereocenters. The van der Waals surface area contributed by atoms with Crippen LogP contribution in [0.4, 0.5) is 0 Å². The smallest absolute Gasteiger partial charge is 0.123 e. The normalized spacial score (nSPS) is 12.6. The molecule has 0 aromatic carbocycles.